The van der Waals surface area contributed by atoms with Crippen molar-refractivity contribution < 1.29 is 4.42 Å². The molecule has 13 aromatic rings. The Hall–Kier alpha value is -9.19. The first kappa shape index (κ1) is 39.2. The van der Waals surface area contributed by atoms with Gasteiger partial charge >= 0.3 is 0 Å². The molecule has 0 aliphatic rings. The fraction of sp³-hybridized carbons (Fsp3) is 0. The van der Waals surface area contributed by atoms with Gasteiger partial charge < -0.3 is 8.98 Å². The number of aromatic nitrogens is 4. The lowest BCUT2D eigenvalue weighted by Crippen LogP contribution is -2.00. The van der Waals surface area contributed by atoms with Gasteiger partial charge in [0, 0.05) is 43.9 Å². The fourth-order valence-electron chi connectivity index (χ4n) is 9.70. The number of benzene rings is 10. The van der Waals surface area contributed by atoms with Gasteiger partial charge in [0.25, 0.3) is 0 Å². The Morgan fingerprint density at radius 2 is 0.706 bits per heavy atom. The van der Waals surface area contributed by atoms with Crippen molar-refractivity contribution in [2.75, 3.05) is 0 Å². The highest BCUT2D eigenvalue weighted by Gasteiger charge is 2.21. The summed E-state index contributed by atoms with van der Waals surface area (Å²) in [4.78, 5) is 15.6. The maximum absolute atomic E-state index is 6.94. The first-order valence-electron chi connectivity index (χ1n) is 22.9. The van der Waals surface area contributed by atoms with Gasteiger partial charge in [-0.05, 0) is 99.1 Å². The van der Waals surface area contributed by atoms with Crippen molar-refractivity contribution >= 4 is 43.7 Å². The van der Waals surface area contributed by atoms with E-state index in [2.05, 4.69) is 235 Å². The van der Waals surface area contributed by atoms with Crippen LogP contribution in [0.5, 0.6) is 0 Å². The number of hydrogen-bond donors (Lipinski definition) is 0. The Morgan fingerprint density at radius 3 is 1.31 bits per heavy atom. The SMILES string of the molecule is c1ccc(-c2ccc(-c3cccc(-n4c5ccccc5c5ccc6c7cc(-c8nc(-c9cccc(-c%10ccccc%10)c9)nc(-c9cccc(-c%10ccccc%10)c9)n8)ccc7oc6c54)c3)cc2)cc1. The molecule has 0 saturated heterocycles. The lowest BCUT2D eigenvalue weighted by atomic mass is 10.00. The van der Waals surface area contributed by atoms with Crippen molar-refractivity contribution in [3.05, 3.63) is 243 Å². The summed E-state index contributed by atoms with van der Waals surface area (Å²) in [6, 6.07) is 85.2. The van der Waals surface area contributed by atoms with Crippen molar-refractivity contribution in [3.8, 4) is 84.4 Å². The molecular weight excluding hydrogens is 829 g/mol. The molecule has 0 amide bonds. The van der Waals surface area contributed by atoms with Crippen LogP contribution in [0.3, 0.4) is 0 Å². The van der Waals surface area contributed by atoms with Crippen LogP contribution < -0.4 is 0 Å². The van der Waals surface area contributed by atoms with Crippen molar-refractivity contribution in [2.24, 2.45) is 0 Å². The molecular formula is C63H40N4O. The summed E-state index contributed by atoms with van der Waals surface area (Å²) in [6.07, 6.45) is 0. The number of hydrogen-bond acceptors (Lipinski definition) is 4. The Labute approximate surface area is 392 Å². The van der Waals surface area contributed by atoms with Crippen molar-refractivity contribution in [2.45, 2.75) is 0 Å². The average molecular weight is 869 g/mol. The molecule has 0 unspecified atom stereocenters. The number of para-hydroxylation sites is 1. The molecule has 3 heterocycles. The van der Waals surface area contributed by atoms with E-state index in [-0.39, 0.29) is 0 Å². The Morgan fingerprint density at radius 1 is 0.279 bits per heavy atom. The molecule has 3 aromatic heterocycles. The molecule has 0 spiro atoms. The van der Waals surface area contributed by atoms with E-state index in [4.69, 9.17) is 19.4 Å². The summed E-state index contributed by atoms with van der Waals surface area (Å²) in [6.45, 7) is 0. The summed E-state index contributed by atoms with van der Waals surface area (Å²) in [5.74, 6) is 1.79. The van der Waals surface area contributed by atoms with Crippen molar-refractivity contribution in [1.82, 2.24) is 19.5 Å². The largest absolute Gasteiger partial charge is 0.454 e. The topological polar surface area (TPSA) is 56.7 Å². The van der Waals surface area contributed by atoms with E-state index < -0.39 is 0 Å². The van der Waals surface area contributed by atoms with Crippen molar-refractivity contribution in [3.63, 3.8) is 0 Å². The zero-order valence-corrected chi connectivity index (χ0v) is 36.8. The molecule has 0 atom stereocenters. The van der Waals surface area contributed by atoms with Crippen LogP contribution in [0.15, 0.2) is 247 Å². The van der Waals surface area contributed by atoms with Gasteiger partial charge in [-0.1, -0.05) is 188 Å². The summed E-state index contributed by atoms with van der Waals surface area (Å²) in [5.41, 5.74) is 16.7. The van der Waals surface area contributed by atoms with E-state index >= 15 is 0 Å². The minimum Gasteiger partial charge on any atom is -0.454 e. The quantitative estimate of drug-likeness (QED) is 0.153. The minimum absolute atomic E-state index is 0.584. The minimum atomic E-state index is 0.584. The van der Waals surface area contributed by atoms with Gasteiger partial charge in [0.15, 0.2) is 23.1 Å². The maximum Gasteiger partial charge on any atom is 0.164 e. The molecule has 10 aromatic carbocycles. The van der Waals surface area contributed by atoms with E-state index in [9.17, 15) is 0 Å². The first-order chi connectivity index (χ1) is 33.7. The molecule has 13 rings (SSSR count). The number of nitrogens with zero attached hydrogens (tertiary/aromatic N) is 4. The molecule has 318 valence electrons. The highest BCUT2D eigenvalue weighted by atomic mass is 16.3. The molecule has 0 fully saturated rings. The van der Waals surface area contributed by atoms with Gasteiger partial charge in [0.2, 0.25) is 0 Å². The van der Waals surface area contributed by atoms with E-state index in [0.717, 1.165) is 94.1 Å². The average Bonchev–Trinajstić information content (AvgIpc) is 3.97. The highest BCUT2D eigenvalue weighted by molar-refractivity contribution is 6.21. The lowest BCUT2D eigenvalue weighted by molar-refractivity contribution is 0.671. The van der Waals surface area contributed by atoms with Gasteiger partial charge in [-0.3, -0.25) is 0 Å². The van der Waals surface area contributed by atoms with Gasteiger partial charge in [-0.15, -0.1) is 0 Å². The third kappa shape index (κ3) is 6.93. The maximum atomic E-state index is 6.94. The second-order valence-electron chi connectivity index (χ2n) is 17.2. The highest BCUT2D eigenvalue weighted by Crippen LogP contribution is 2.42. The molecule has 0 aliphatic heterocycles. The van der Waals surface area contributed by atoms with Crippen molar-refractivity contribution in [1.29, 1.82) is 0 Å². The van der Waals surface area contributed by atoms with Crippen LogP contribution in [-0.2, 0) is 0 Å². The normalized spacial score (nSPS) is 11.5. The monoisotopic (exact) mass is 868 g/mol. The summed E-state index contributed by atoms with van der Waals surface area (Å²) >= 11 is 0. The summed E-state index contributed by atoms with van der Waals surface area (Å²) in [5, 5.41) is 4.31. The predicted octanol–water partition coefficient (Wildman–Crippen LogP) is 16.5. The Kier molecular flexibility index (Phi) is 9.43. The van der Waals surface area contributed by atoms with E-state index in [1.165, 1.54) is 16.5 Å². The molecule has 0 saturated carbocycles. The lowest BCUT2D eigenvalue weighted by Gasteiger charge is -2.11. The molecule has 5 heteroatoms. The van der Waals surface area contributed by atoms with Gasteiger partial charge in [-0.25, -0.2) is 15.0 Å². The van der Waals surface area contributed by atoms with E-state index in [0.29, 0.717) is 17.5 Å². The van der Waals surface area contributed by atoms with Crippen LogP contribution >= 0.6 is 0 Å². The standard InChI is InChI=1S/C63H40N4O/c1-4-15-41(16-5-1)44-29-31-45(32-30-44)48-23-14-26-52(39-48)67-57-28-11-10-27-53(57)54-34-35-55-56-40-51(33-36-58(56)68-60(55)59(54)67)63-65-61(49-24-12-21-46(37-49)42-17-6-2-7-18-42)64-62(66-63)50-25-13-22-47(38-50)43-19-8-3-9-20-43/h1-40H. The zero-order chi connectivity index (χ0) is 45.0. The van der Waals surface area contributed by atoms with Crippen LogP contribution in [0, 0.1) is 0 Å². The van der Waals surface area contributed by atoms with Gasteiger partial charge in [0.1, 0.15) is 5.58 Å². The second kappa shape index (κ2) is 16.4. The first-order valence-corrected chi connectivity index (χ1v) is 22.9. The summed E-state index contributed by atoms with van der Waals surface area (Å²) < 4.78 is 9.30. The Balaban J connectivity index is 0.956. The Bertz CT molecular complexity index is 3900. The predicted molar refractivity (Wildman–Crippen MR) is 279 cm³/mol. The molecule has 68 heavy (non-hydrogen) atoms. The van der Waals surface area contributed by atoms with Gasteiger partial charge in [0.05, 0.1) is 11.0 Å². The molecule has 0 radical (unpaired) electrons. The number of fused-ring (bicyclic) bond motifs is 7. The molecule has 0 aliphatic carbocycles. The van der Waals surface area contributed by atoms with Crippen LogP contribution in [0.4, 0.5) is 0 Å². The summed E-state index contributed by atoms with van der Waals surface area (Å²) in [7, 11) is 0. The third-order valence-electron chi connectivity index (χ3n) is 13.1. The van der Waals surface area contributed by atoms with Crippen LogP contribution in [0.1, 0.15) is 0 Å². The zero-order valence-electron chi connectivity index (χ0n) is 36.8. The fourth-order valence-corrected chi connectivity index (χ4v) is 9.70. The van der Waals surface area contributed by atoms with Gasteiger partial charge in [-0.2, -0.15) is 0 Å². The van der Waals surface area contributed by atoms with E-state index in [1.54, 1.807) is 0 Å². The van der Waals surface area contributed by atoms with Crippen LogP contribution in [0.25, 0.3) is 128 Å². The molecule has 0 bridgehead atoms. The third-order valence-corrected chi connectivity index (χ3v) is 13.1. The number of rotatable bonds is 8. The number of furan rings is 1. The van der Waals surface area contributed by atoms with E-state index in [1.807, 2.05) is 12.1 Å². The van der Waals surface area contributed by atoms with Crippen LogP contribution in [-0.4, -0.2) is 19.5 Å². The molecule has 5 nitrogen and oxygen atoms in total. The molecule has 0 N–H and O–H groups in total. The smallest absolute Gasteiger partial charge is 0.164 e. The second-order valence-corrected chi connectivity index (χ2v) is 17.2. The van der Waals surface area contributed by atoms with Crippen LogP contribution in [0.2, 0.25) is 0 Å².